The molecule has 1 aromatic carbocycles. The second kappa shape index (κ2) is 11.2. The SMILES string of the molecule is CC=CCCCCCCOc1cccc(CNC(=O)c2cc(C)nn2C)c1. The van der Waals surface area contributed by atoms with Crippen LogP contribution in [0, 0.1) is 6.92 Å². The van der Waals surface area contributed by atoms with Crippen LogP contribution >= 0.6 is 0 Å². The van der Waals surface area contributed by atoms with Crippen LogP contribution in [0.25, 0.3) is 0 Å². The smallest absolute Gasteiger partial charge is 0.269 e. The lowest BCUT2D eigenvalue weighted by Gasteiger charge is -2.09. The molecule has 1 aromatic heterocycles. The van der Waals surface area contributed by atoms with E-state index in [1.807, 2.05) is 31.2 Å². The molecule has 0 radical (unpaired) electrons. The molecule has 0 aliphatic carbocycles. The van der Waals surface area contributed by atoms with E-state index >= 15 is 0 Å². The summed E-state index contributed by atoms with van der Waals surface area (Å²) in [6.07, 6.45) is 10.2. The van der Waals surface area contributed by atoms with Crippen LogP contribution in [0.3, 0.4) is 0 Å². The van der Waals surface area contributed by atoms with Gasteiger partial charge in [-0.3, -0.25) is 9.48 Å². The summed E-state index contributed by atoms with van der Waals surface area (Å²) >= 11 is 0. The van der Waals surface area contributed by atoms with Gasteiger partial charge in [-0.15, -0.1) is 0 Å². The predicted molar refractivity (Wildman–Crippen MR) is 109 cm³/mol. The minimum Gasteiger partial charge on any atom is -0.494 e. The van der Waals surface area contributed by atoms with Gasteiger partial charge in [0.05, 0.1) is 12.3 Å². The van der Waals surface area contributed by atoms with Gasteiger partial charge in [-0.2, -0.15) is 5.10 Å². The number of rotatable bonds is 11. The number of allylic oxidation sites excluding steroid dienone is 2. The number of nitrogens with one attached hydrogen (secondary N) is 1. The number of amides is 1. The van der Waals surface area contributed by atoms with Gasteiger partial charge in [0.2, 0.25) is 0 Å². The number of nitrogens with zero attached hydrogens (tertiary/aromatic N) is 2. The zero-order chi connectivity index (χ0) is 19.5. The van der Waals surface area contributed by atoms with Crippen molar-refractivity contribution in [2.75, 3.05) is 6.61 Å². The van der Waals surface area contributed by atoms with E-state index in [0.717, 1.165) is 30.0 Å². The minimum atomic E-state index is -0.123. The minimum absolute atomic E-state index is 0.123. The normalized spacial score (nSPS) is 11.1. The van der Waals surface area contributed by atoms with E-state index in [1.54, 1.807) is 17.8 Å². The molecule has 146 valence electrons. The average Bonchev–Trinajstić information content (AvgIpc) is 3.00. The molecule has 5 heteroatoms. The molecule has 5 nitrogen and oxygen atoms in total. The number of hydrogen-bond donors (Lipinski definition) is 1. The van der Waals surface area contributed by atoms with Gasteiger partial charge in [0.1, 0.15) is 11.4 Å². The van der Waals surface area contributed by atoms with Gasteiger partial charge >= 0.3 is 0 Å². The zero-order valence-corrected chi connectivity index (χ0v) is 16.7. The second-order valence-corrected chi connectivity index (χ2v) is 6.75. The number of carbonyl (C=O) groups excluding carboxylic acids is 1. The second-order valence-electron chi connectivity index (χ2n) is 6.75. The van der Waals surface area contributed by atoms with Crippen LogP contribution in [0.15, 0.2) is 42.5 Å². The Bertz CT molecular complexity index is 750. The van der Waals surface area contributed by atoms with Crippen LogP contribution in [0.2, 0.25) is 0 Å². The number of aromatic nitrogens is 2. The number of hydrogen-bond acceptors (Lipinski definition) is 3. The van der Waals surface area contributed by atoms with E-state index in [4.69, 9.17) is 4.74 Å². The van der Waals surface area contributed by atoms with E-state index in [9.17, 15) is 4.79 Å². The topological polar surface area (TPSA) is 56.1 Å². The fourth-order valence-corrected chi connectivity index (χ4v) is 2.92. The standard InChI is InChI=1S/C22H31N3O2/c1-4-5-6-7-8-9-10-14-27-20-13-11-12-19(16-20)17-23-22(26)21-15-18(2)24-25(21)3/h4-5,11-13,15-16H,6-10,14,17H2,1-3H3,(H,23,26). The summed E-state index contributed by atoms with van der Waals surface area (Å²) in [4.78, 5) is 12.3. The van der Waals surface area contributed by atoms with E-state index < -0.39 is 0 Å². The maximum Gasteiger partial charge on any atom is 0.269 e. The highest BCUT2D eigenvalue weighted by Gasteiger charge is 2.11. The van der Waals surface area contributed by atoms with Crippen LogP contribution in [-0.4, -0.2) is 22.3 Å². The molecule has 0 spiro atoms. The molecule has 2 aromatic rings. The molecule has 0 saturated carbocycles. The monoisotopic (exact) mass is 369 g/mol. The Morgan fingerprint density at radius 1 is 1.22 bits per heavy atom. The number of unbranched alkanes of at least 4 members (excludes halogenated alkanes) is 4. The molecule has 0 bridgehead atoms. The third-order valence-electron chi connectivity index (χ3n) is 4.36. The van der Waals surface area contributed by atoms with Crippen LogP contribution in [0.4, 0.5) is 0 Å². The molecule has 27 heavy (non-hydrogen) atoms. The molecular formula is C22H31N3O2. The molecule has 1 amide bonds. The summed E-state index contributed by atoms with van der Waals surface area (Å²) in [5.74, 6) is 0.731. The van der Waals surface area contributed by atoms with Crippen LogP contribution < -0.4 is 10.1 Å². The Balaban J connectivity index is 1.71. The summed E-state index contributed by atoms with van der Waals surface area (Å²) in [5.41, 5.74) is 2.42. The summed E-state index contributed by atoms with van der Waals surface area (Å²) in [6.45, 7) is 5.13. The van der Waals surface area contributed by atoms with Gasteiger partial charge in [0.25, 0.3) is 5.91 Å². The van der Waals surface area contributed by atoms with Gasteiger partial charge in [-0.05, 0) is 56.9 Å². The van der Waals surface area contributed by atoms with E-state index in [-0.39, 0.29) is 5.91 Å². The Kier molecular flexibility index (Phi) is 8.62. The van der Waals surface area contributed by atoms with E-state index in [2.05, 4.69) is 29.5 Å². The first-order valence-electron chi connectivity index (χ1n) is 9.72. The van der Waals surface area contributed by atoms with Crippen molar-refractivity contribution in [3.05, 3.63) is 59.4 Å². The zero-order valence-electron chi connectivity index (χ0n) is 16.7. The predicted octanol–water partition coefficient (Wildman–Crippen LogP) is 4.56. The molecule has 1 N–H and O–H groups in total. The summed E-state index contributed by atoms with van der Waals surface area (Å²) in [5, 5.41) is 7.14. The van der Waals surface area contributed by atoms with Gasteiger partial charge < -0.3 is 10.1 Å². The number of ether oxygens (including phenoxy) is 1. The Hall–Kier alpha value is -2.56. The molecule has 0 saturated heterocycles. The van der Waals surface area contributed by atoms with Crippen molar-refractivity contribution in [1.82, 2.24) is 15.1 Å². The van der Waals surface area contributed by atoms with Crippen molar-refractivity contribution >= 4 is 5.91 Å². The fourth-order valence-electron chi connectivity index (χ4n) is 2.92. The Morgan fingerprint density at radius 3 is 2.78 bits per heavy atom. The largest absolute Gasteiger partial charge is 0.494 e. The first-order valence-corrected chi connectivity index (χ1v) is 9.72. The van der Waals surface area contributed by atoms with Crippen LogP contribution in [-0.2, 0) is 13.6 Å². The maximum atomic E-state index is 12.3. The highest BCUT2D eigenvalue weighted by Crippen LogP contribution is 2.14. The van der Waals surface area contributed by atoms with Crippen LogP contribution in [0.1, 0.15) is 60.8 Å². The average molecular weight is 370 g/mol. The Labute approximate surface area is 162 Å². The summed E-state index contributed by atoms with van der Waals surface area (Å²) in [6, 6.07) is 9.68. The lowest BCUT2D eigenvalue weighted by molar-refractivity contribution is 0.0941. The lowest BCUT2D eigenvalue weighted by Crippen LogP contribution is -2.25. The Morgan fingerprint density at radius 2 is 2.04 bits per heavy atom. The van der Waals surface area contributed by atoms with Crippen molar-refractivity contribution in [3.8, 4) is 5.75 Å². The van der Waals surface area contributed by atoms with Crippen molar-refractivity contribution in [3.63, 3.8) is 0 Å². The molecule has 2 rings (SSSR count). The first-order chi connectivity index (χ1) is 13.1. The third-order valence-corrected chi connectivity index (χ3v) is 4.36. The highest BCUT2D eigenvalue weighted by molar-refractivity contribution is 5.92. The number of carbonyl (C=O) groups is 1. The summed E-state index contributed by atoms with van der Waals surface area (Å²) in [7, 11) is 1.77. The van der Waals surface area contributed by atoms with E-state index in [1.165, 1.54) is 25.7 Å². The quantitative estimate of drug-likeness (QED) is 0.466. The fraction of sp³-hybridized carbons (Fsp3) is 0.455. The maximum absolute atomic E-state index is 12.3. The molecule has 0 unspecified atom stereocenters. The first kappa shape index (κ1) is 20.7. The van der Waals surface area contributed by atoms with Crippen molar-refractivity contribution in [2.24, 2.45) is 7.05 Å². The molecule has 0 atom stereocenters. The highest BCUT2D eigenvalue weighted by atomic mass is 16.5. The van der Waals surface area contributed by atoms with Crippen molar-refractivity contribution in [2.45, 2.75) is 52.5 Å². The molecule has 0 aliphatic heterocycles. The molecule has 0 fully saturated rings. The molecular weight excluding hydrogens is 338 g/mol. The van der Waals surface area contributed by atoms with Crippen LogP contribution in [0.5, 0.6) is 5.75 Å². The van der Waals surface area contributed by atoms with Crippen molar-refractivity contribution in [1.29, 1.82) is 0 Å². The lowest BCUT2D eigenvalue weighted by atomic mass is 10.1. The van der Waals surface area contributed by atoms with Gasteiger partial charge in [-0.1, -0.05) is 37.1 Å². The van der Waals surface area contributed by atoms with E-state index in [0.29, 0.717) is 12.2 Å². The van der Waals surface area contributed by atoms with Crippen molar-refractivity contribution < 1.29 is 9.53 Å². The van der Waals surface area contributed by atoms with Gasteiger partial charge in [-0.25, -0.2) is 0 Å². The van der Waals surface area contributed by atoms with Gasteiger partial charge in [0, 0.05) is 13.6 Å². The number of aryl methyl sites for hydroxylation is 2. The summed E-state index contributed by atoms with van der Waals surface area (Å²) < 4.78 is 7.45. The third kappa shape index (κ3) is 7.29. The van der Waals surface area contributed by atoms with Gasteiger partial charge in [0.15, 0.2) is 0 Å². The molecule has 0 aliphatic rings. The molecule has 1 heterocycles. The number of benzene rings is 1.